The number of hydrogen-bond acceptors (Lipinski definition) is 4. The number of nitrogens with two attached hydrogens (primary N) is 1. The van der Waals surface area contributed by atoms with Crippen LogP contribution in [0, 0.1) is 0 Å². The SMILES string of the molecule is CCC(CC)(CN)NC(=O)c1ccc(S(=O)(=O)C2CCCC2)cc1. The summed E-state index contributed by atoms with van der Waals surface area (Å²) in [7, 11) is -3.28. The molecule has 0 spiro atoms. The van der Waals surface area contributed by atoms with Crippen molar-refractivity contribution in [3.05, 3.63) is 29.8 Å². The minimum absolute atomic E-state index is 0.214. The summed E-state index contributed by atoms with van der Waals surface area (Å²) in [5.74, 6) is -0.214. The molecule has 5 nitrogen and oxygen atoms in total. The van der Waals surface area contributed by atoms with Gasteiger partial charge in [-0.2, -0.15) is 0 Å². The first kappa shape index (κ1) is 18.9. The van der Waals surface area contributed by atoms with Crippen molar-refractivity contribution < 1.29 is 13.2 Å². The van der Waals surface area contributed by atoms with E-state index in [1.165, 1.54) is 0 Å². The van der Waals surface area contributed by atoms with E-state index in [0.29, 0.717) is 17.0 Å². The molecule has 1 amide bonds. The topological polar surface area (TPSA) is 89.3 Å². The highest BCUT2D eigenvalue weighted by Crippen LogP contribution is 2.29. The Morgan fingerprint density at radius 1 is 1.17 bits per heavy atom. The Morgan fingerprint density at radius 3 is 2.17 bits per heavy atom. The van der Waals surface area contributed by atoms with Crippen LogP contribution in [0.4, 0.5) is 0 Å². The van der Waals surface area contributed by atoms with Gasteiger partial charge in [-0.05, 0) is 49.9 Å². The third kappa shape index (κ3) is 3.81. The minimum Gasteiger partial charge on any atom is -0.345 e. The lowest BCUT2D eigenvalue weighted by molar-refractivity contribution is 0.0895. The fourth-order valence-corrected chi connectivity index (χ4v) is 5.12. The van der Waals surface area contributed by atoms with Crippen LogP contribution in [0.5, 0.6) is 0 Å². The Balaban J connectivity index is 2.15. The molecule has 1 fully saturated rings. The van der Waals surface area contributed by atoms with Crippen LogP contribution < -0.4 is 11.1 Å². The first-order chi connectivity index (χ1) is 11.4. The summed E-state index contributed by atoms with van der Waals surface area (Å²) in [5, 5.41) is 2.72. The van der Waals surface area contributed by atoms with Gasteiger partial charge in [0.1, 0.15) is 0 Å². The van der Waals surface area contributed by atoms with E-state index in [1.807, 2.05) is 13.8 Å². The highest BCUT2D eigenvalue weighted by atomic mass is 32.2. The van der Waals surface area contributed by atoms with E-state index in [-0.39, 0.29) is 11.2 Å². The van der Waals surface area contributed by atoms with Gasteiger partial charge in [-0.15, -0.1) is 0 Å². The molecule has 1 saturated carbocycles. The first-order valence-corrected chi connectivity index (χ1v) is 10.3. The van der Waals surface area contributed by atoms with Gasteiger partial charge in [0.25, 0.3) is 5.91 Å². The molecule has 1 aliphatic carbocycles. The van der Waals surface area contributed by atoms with Crippen LogP contribution >= 0.6 is 0 Å². The minimum atomic E-state index is -3.28. The first-order valence-electron chi connectivity index (χ1n) is 8.75. The number of benzene rings is 1. The molecule has 1 aromatic carbocycles. The Morgan fingerprint density at radius 2 is 1.71 bits per heavy atom. The van der Waals surface area contributed by atoms with E-state index in [4.69, 9.17) is 5.73 Å². The molecule has 3 N–H and O–H groups in total. The Labute approximate surface area is 144 Å². The van der Waals surface area contributed by atoms with Crippen LogP contribution in [-0.2, 0) is 9.84 Å². The molecule has 0 heterocycles. The number of carbonyl (C=O) groups is 1. The molecule has 0 radical (unpaired) electrons. The summed E-state index contributed by atoms with van der Waals surface area (Å²) in [4.78, 5) is 12.7. The number of hydrogen-bond donors (Lipinski definition) is 2. The van der Waals surface area contributed by atoms with Gasteiger partial charge in [0.15, 0.2) is 9.84 Å². The lowest BCUT2D eigenvalue weighted by Gasteiger charge is -2.31. The number of rotatable bonds is 7. The standard InChI is InChI=1S/C18H28N2O3S/c1-3-18(4-2,13-19)20-17(21)14-9-11-16(12-10-14)24(22,23)15-7-5-6-8-15/h9-12,15H,3-8,13,19H2,1-2H3,(H,20,21). The van der Waals surface area contributed by atoms with Gasteiger partial charge < -0.3 is 11.1 Å². The van der Waals surface area contributed by atoms with E-state index in [0.717, 1.165) is 38.5 Å². The summed E-state index contributed by atoms with van der Waals surface area (Å²) in [6.45, 7) is 4.36. The number of sulfone groups is 1. The van der Waals surface area contributed by atoms with E-state index in [2.05, 4.69) is 5.32 Å². The fraction of sp³-hybridized carbons (Fsp3) is 0.611. The Bertz CT molecular complexity index is 650. The molecule has 1 aliphatic rings. The monoisotopic (exact) mass is 352 g/mol. The molecule has 0 atom stereocenters. The van der Waals surface area contributed by atoms with Crippen LogP contribution in [0.1, 0.15) is 62.7 Å². The molecule has 0 aliphatic heterocycles. The lowest BCUT2D eigenvalue weighted by Crippen LogP contribution is -2.52. The molecule has 0 unspecified atom stereocenters. The van der Waals surface area contributed by atoms with Gasteiger partial charge in [0.2, 0.25) is 0 Å². The summed E-state index contributed by atoms with van der Waals surface area (Å²) >= 11 is 0. The van der Waals surface area contributed by atoms with Gasteiger partial charge in [-0.25, -0.2) is 8.42 Å². The zero-order valence-corrected chi connectivity index (χ0v) is 15.4. The van der Waals surface area contributed by atoms with Crippen LogP contribution in [0.25, 0.3) is 0 Å². The zero-order chi connectivity index (χ0) is 17.8. The van der Waals surface area contributed by atoms with Crippen LogP contribution in [-0.4, -0.2) is 31.7 Å². The predicted octanol–water partition coefficient (Wildman–Crippen LogP) is 2.65. The fourth-order valence-electron chi connectivity index (χ4n) is 3.27. The van der Waals surface area contributed by atoms with Crippen LogP contribution in [0.15, 0.2) is 29.2 Å². The highest BCUT2D eigenvalue weighted by molar-refractivity contribution is 7.92. The number of carbonyl (C=O) groups excluding carboxylic acids is 1. The maximum absolute atomic E-state index is 12.6. The van der Waals surface area contributed by atoms with Gasteiger partial charge in [0, 0.05) is 12.1 Å². The highest BCUT2D eigenvalue weighted by Gasteiger charge is 2.31. The van der Waals surface area contributed by atoms with Gasteiger partial charge in [-0.1, -0.05) is 26.7 Å². The molecule has 2 rings (SSSR count). The largest absolute Gasteiger partial charge is 0.345 e. The normalized spacial score (nSPS) is 16.3. The summed E-state index contributed by atoms with van der Waals surface area (Å²) in [5.41, 5.74) is 5.86. The third-order valence-electron chi connectivity index (χ3n) is 5.31. The van der Waals surface area contributed by atoms with E-state index in [9.17, 15) is 13.2 Å². The van der Waals surface area contributed by atoms with Crippen molar-refractivity contribution in [3.63, 3.8) is 0 Å². The van der Waals surface area contributed by atoms with E-state index >= 15 is 0 Å². The lowest BCUT2D eigenvalue weighted by atomic mass is 9.92. The van der Waals surface area contributed by atoms with Crippen molar-refractivity contribution >= 4 is 15.7 Å². The number of amides is 1. The Kier molecular flexibility index (Phi) is 6.04. The summed E-state index contributed by atoms with van der Waals surface area (Å²) in [6, 6.07) is 6.27. The second kappa shape index (κ2) is 7.66. The average Bonchev–Trinajstić information content (AvgIpc) is 3.15. The van der Waals surface area contributed by atoms with E-state index in [1.54, 1.807) is 24.3 Å². The smallest absolute Gasteiger partial charge is 0.251 e. The van der Waals surface area contributed by atoms with Crippen molar-refractivity contribution in [2.75, 3.05) is 6.54 Å². The molecule has 6 heteroatoms. The summed E-state index contributed by atoms with van der Waals surface area (Å²) < 4.78 is 25.1. The quantitative estimate of drug-likeness (QED) is 0.789. The molecule has 24 heavy (non-hydrogen) atoms. The van der Waals surface area contributed by atoms with E-state index < -0.39 is 15.4 Å². The Hall–Kier alpha value is -1.40. The van der Waals surface area contributed by atoms with Gasteiger partial charge >= 0.3 is 0 Å². The molecule has 0 bridgehead atoms. The maximum Gasteiger partial charge on any atom is 0.251 e. The maximum atomic E-state index is 12.6. The van der Waals surface area contributed by atoms with Crippen molar-refractivity contribution in [1.29, 1.82) is 0 Å². The number of nitrogens with one attached hydrogen (secondary N) is 1. The molecule has 0 aromatic heterocycles. The molecule has 1 aromatic rings. The predicted molar refractivity (Wildman–Crippen MR) is 95.7 cm³/mol. The van der Waals surface area contributed by atoms with Crippen molar-refractivity contribution in [2.45, 2.75) is 68.1 Å². The molecule has 134 valence electrons. The molecule has 0 saturated heterocycles. The van der Waals surface area contributed by atoms with Crippen molar-refractivity contribution in [3.8, 4) is 0 Å². The van der Waals surface area contributed by atoms with Crippen molar-refractivity contribution in [1.82, 2.24) is 5.32 Å². The third-order valence-corrected chi connectivity index (χ3v) is 7.59. The van der Waals surface area contributed by atoms with Gasteiger partial charge in [-0.3, -0.25) is 4.79 Å². The second-order valence-electron chi connectivity index (χ2n) is 6.62. The average molecular weight is 353 g/mol. The van der Waals surface area contributed by atoms with Crippen molar-refractivity contribution in [2.24, 2.45) is 5.73 Å². The second-order valence-corrected chi connectivity index (χ2v) is 8.85. The molecular weight excluding hydrogens is 324 g/mol. The molecular formula is C18H28N2O3S. The zero-order valence-electron chi connectivity index (χ0n) is 14.5. The van der Waals surface area contributed by atoms with Crippen LogP contribution in [0.3, 0.4) is 0 Å². The summed E-state index contributed by atoms with van der Waals surface area (Å²) in [6.07, 6.45) is 4.91. The van der Waals surface area contributed by atoms with Crippen LogP contribution in [0.2, 0.25) is 0 Å². The van der Waals surface area contributed by atoms with Gasteiger partial charge in [0.05, 0.1) is 15.7 Å².